The van der Waals surface area contributed by atoms with Gasteiger partial charge in [-0.2, -0.15) is 0 Å². The first-order chi connectivity index (χ1) is 25.6. The van der Waals surface area contributed by atoms with Gasteiger partial charge in [-0.05, 0) is 147 Å². The minimum absolute atomic E-state index is 0.0161. The summed E-state index contributed by atoms with van der Waals surface area (Å²) in [5.41, 5.74) is 7.15. The first kappa shape index (κ1) is 38.9. The van der Waals surface area contributed by atoms with Crippen molar-refractivity contribution in [3.05, 3.63) is 85.2 Å². The van der Waals surface area contributed by atoms with E-state index in [2.05, 4.69) is 46.2 Å². The van der Waals surface area contributed by atoms with Crippen LogP contribution in [-0.4, -0.2) is 87.3 Å². The second-order valence-electron chi connectivity index (χ2n) is 16.2. The number of likely N-dealkylation sites (tertiary alicyclic amines) is 2. The third kappa shape index (κ3) is 7.99. The van der Waals surface area contributed by atoms with Crippen molar-refractivity contribution >= 4 is 28.7 Å². The van der Waals surface area contributed by atoms with E-state index >= 15 is 0 Å². The number of fused-ring (bicyclic) bond motifs is 1. The summed E-state index contributed by atoms with van der Waals surface area (Å²) in [5.74, 6) is -0.271. The van der Waals surface area contributed by atoms with E-state index in [1.54, 1.807) is 9.47 Å². The normalized spacial score (nSPS) is 16.2. The first-order valence-corrected chi connectivity index (χ1v) is 19.3. The van der Waals surface area contributed by atoms with E-state index in [4.69, 9.17) is 4.74 Å². The van der Waals surface area contributed by atoms with E-state index in [1.807, 2.05) is 77.4 Å². The molecule has 54 heavy (non-hydrogen) atoms. The van der Waals surface area contributed by atoms with Crippen molar-refractivity contribution in [3.8, 4) is 11.1 Å². The summed E-state index contributed by atoms with van der Waals surface area (Å²) in [6.07, 6.45) is 3.07. The van der Waals surface area contributed by atoms with E-state index in [-0.39, 0.29) is 41.9 Å². The number of ether oxygens (including phenoxy) is 1. The number of piperidine rings is 2. The number of imidazole rings is 1. The lowest BCUT2D eigenvalue weighted by molar-refractivity contribution is 0.0204. The standard InChI is InChI=1S/C42H57N7O5/c1-10-48(31-15-19-47(20-16-31)41(53)54-42(5,6)7)36-24-30(22-33(28(36)4)38(50)43-25-34-26(2)21-27(3)44-39(34)51)29-11-12-35-37(23-29)46(9)40(52)49(35)32-13-17-45(8)18-14-32/h11-12,21-24,31-32H,10,13-20,25H2,1-9H3,(H,43,50)(H,44,51). The Morgan fingerprint density at radius 2 is 1.59 bits per heavy atom. The van der Waals surface area contributed by atoms with Crippen LogP contribution < -0.4 is 21.5 Å². The van der Waals surface area contributed by atoms with E-state index in [0.717, 1.165) is 83.4 Å². The molecule has 0 atom stereocenters. The maximum absolute atomic E-state index is 14.1. The number of hydrogen-bond donors (Lipinski definition) is 2. The lowest BCUT2D eigenvalue weighted by Gasteiger charge is -2.40. The van der Waals surface area contributed by atoms with Crippen LogP contribution in [0.15, 0.2) is 46.0 Å². The predicted molar refractivity (Wildman–Crippen MR) is 215 cm³/mol. The molecule has 4 aromatic rings. The number of aryl methyl sites for hydroxylation is 3. The quantitative estimate of drug-likeness (QED) is 0.226. The Hall–Kier alpha value is -4.84. The van der Waals surface area contributed by atoms with Gasteiger partial charge in [-0.1, -0.05) is 6.07 Å². The Balaban J connectivity index is 1.38. The third-order valence-electron chi connectivity index (χ3n) is 11.2. The topological polar surface area (TPSA) is 125 Å². The molecule has 0 spiro atoms. The van der Waals surface area contributed by atoms with Crippen molar-refractivity contribution in [2.75, 3.05) is 44.7 Å². The Morgan fingerprint density at radius 1 is 0.907 bits per heavy atom. The number of pyridine rings is 1. The van der Waals surface area contributed by atoms with Crippen molar-refractivity contribution in [2.45, 2.75) is 98.4 Å². The van der Waals surface area contributed by atoms with E-state index < -0.39 is 5.60 Å². The summed E-state index contributed by atoms with van der Waals surface area (Å²) in [4.78, 5) is 62.7. The lowest BCUT2D eigenvalue weighted by Crippen LogP contribution is -2.48. The second kappa shape index (κ2) is 15.5. The van der Waals surface area contributed by atoms with Crippen LogP contribution in [0, 0.1) is 20.8 Å². The summed E-state index contributed by atoms with van der Waals surface area (Å²) in [5, 5.41) is 3.04. The number of H-pyrrole nitrogens is 1. The van der Waals surface area contributed by atoms with Crippen molar-refractivity contribution in [2.24, 2.45) is 7.05 Å². The SMILES string of the molecule is CCN(c1cc(-c2ccc3c(c2)n(C)c(=O)n3C2CCN(C)CC2)cc(C(=O)NCc2c(C)cc(C)[nH]c2=O)c1C)C1CCN(C(=O)OC(C)(C)C)CC1. The van der Waals surface area contributed by atoms with Crippen LogP contribution >= 0.6 is 0 Å². The van der Waals surface area contributed by atoms with Crippen LogP contribution in [0.1, 0.15) is 92.2 Å². The van der Waals surface area contributed by atoms with Crippen molar-refractivity contribution in [3.63, 3.8) is 0 Å². The molecule has 2 aliphatic heterocycles. The number of nitrogens with one attached hydrogen (secondary N) is 2. The van der Waals surface area contributed by atoms with Gasteiger partial charge in [0.25, 0.3) is 11.5 Å². The average Bonchev–Trinajstić information content (AvgIpc) is 3.36. The van der Waals surface area contributed by atoms with Crippen molar-refractivity contribution < 1.29 is 14.3 Å². The highest BCUT2D eigenvalue weighted by molar-refractivity contribution is 5.99. The summed E-state index contributed by atoms with van der Waals surface area (Å²) < 4.78 is 9.35. The van der Waals surface area contributed by atoms with E-state index in [9.17, 15) is 19.2 Å². The summed E-state index contributed by atoms with van der Waals surface area (Å²) in [7, 11) is 3.95. The van der Waals surface area contributed by atoms with Crippen LogP contribution in [0.25, 0.3) is 22.2 Å². The van der Waals surface area contributed by atoms with Gasteiger partial charge in [0.1, 0.15) is 5.60 Å². The minimum atomic E-state index is -0.561. The highest BCUT2D eigenvalue weighted by Crippen LogP contribution is 2.36. The van der Waals surface area contributed by atoms with Gasteiger partial charge in [0.05, 0.1) is 11.0 Å². The molecule has 2 aromatic carbocycles. The molecule has 290 valence electrons. The van der Waals surface area contributed by atoms with E-state index in [1.165, 1.54) is 0 Å². The van der Waals surface area contributed by atoms with Gasteiger partial charge in [0.15, 0.2) is 0 Å². The summed E-state index contributed by atoms with van der Waals surface area (Å²) in [6.45, 7) is 17.3. The fourth-order valence-corrected chi connectivity index (χ4v) is 8.23. The van der Waals surface area contributed by atoms with Crippen molar-refractivity contribution in [1.82, 2.24) is 29.2 Å². The molecule has 2 N–H and O–H groups in total. The molecule has 4 heterocycles. The maximum Gasteiger partial charge on any atom is 0.410 e. The van der Waals surface area contributed by atoms with Gasteiger partial charge in [-0.25, -0.2) is 9.59 Å². The van der Waals surface area contributed by atoms with Gasteiger partial charge >= 0.3 is 11.8 Å². The number of aromatic amines is 1. The average molecular weight is 740 g/mol. The fourth-order valence-electron chi connectivity index (χ4n) is 8.23. The van der Waals surface area contributed by atoms with Gasteiger partial charge in [0, 0.05) is 67.8 Å². The third-order valence-corrected chi connectivity index (χ3v) is 11.2. The summed E-state index contributed by atoms with van der Waals surface area (Å²) >= 11 is 0. The number of aromatic nitrogens is 3. The lowest BCUT2D eigenvalue weighted by atomic mass is 9.94. The fraction of sp³-hybridized carbons (Fsp3) is 0.524. The first-order valence-electron chi connectivity index (χ1n) is 19.3. The Labute approximate surface area is 318 Å². The molecule has 2 saturated heterocycles. The molecule has 12 nitrogen and oxygen atoms in total. The zero-order chi connectivity index (χ0) is 39.1. The second-order valence-corrected chi connectivity index (χ2v) is 16.2. The maximum atomic E-state index is 14.1. The Bertz CT molecular complexity index is 2160. The highest BCUT2D eigenvalue weighted by atomic mass is 16.6. The van der Waals surface area contributed by atoms with Crippen LogP contribution in [0.2, 0.25) is 0 Å². The van der Waals surface area contributed by atoms with Crippen LogP contribution in [0.5, 0.6) is 0 Å². The molecule has 12 heteroatoms. The number of carbonyl (C=O) groups excluding carboxylic acids is 2. The van der Waals surface area contributed by atoms with Crippen molar-refractivity contribution in [1.29, 1.82) is 0 Å². The molecule has 0 bridgehead atoms. The molecule has 0 aliphatic carbocycles. The molecule has 2 amide bonds. The van der Waals surface area contributed by atoms with Crippen LogP contribution in [0.4, 0.5) is 10.5 Å². The molecule has 6 rings (SSSR count). The number of anilines is 1. The number of amides is 2. The zero-order valence-corrected chi connectivity index (χ0v) is 33.5. The van der Waals surface area contributed by atoms with E-state index in [0.29, 0.717) is 30.8 Å². The Kier molecular flexibility index (Phi) is 11.1. The number of rotatable bonds is 8. The molecule has 2 aromatic heterocycles. The molecular formula is C42H57N7O5. The number of nitrogens with zero attached hydrogens (tertiary/aromatic N) is 5. The monoisotopic (exact) mass is 739 g/mol. The molecule has 2 aliphatic rings. The van der Waals surface area contributed by atoms with Gasteiger partial charge in [-0.3, -0.25) is 18.7 Å². The predicted octanol–water partition coefficient (Wildman–Crippen LogP) is 6.04. The highest BCUT2D eigenvalue weighted by Gasteiger charge is 2.31. The minimum Gasteiger partial charge on any atom is -0.444 e. The molecular weight excluding hydrogens is 683 g/mol. The zero-order valence-electron chi connectivity index (χ0n) is 33.5. The molecule has 0 unspecified atom stereocenters. The number of hydrogen-bond acceptors (Lipinski definition) is 7. The van der Waals surface area contributed by atoms with Crippen LogP contribution in [-0.2, 0) is 18.3 Å². The Morgan fingerprint density at radius 3 is 2.22 bits per heavy atom. The smallest absolute Gasteiger partial charge is 0.410 e. The molecule has 0 radical (unpaired) electrons. The molecule has 0 saturated carbocycles. The van der Waals surface area contributed by atoms with Gasteiger partial charge < -0.3 is 29.7 Å². The largest absolute Gasteiger partial charge is 0.444 e. The number of benzene rings is 2. The van der Waals surface area contributed by atoms with Crippen LogP contribution in [0.3, 0.4) is 0 Å². The summed E-state index contributed by atoms with van der Waals surface area (Å²) in [6, 6.07) is 12.4. The number of carbonyl (C=O) groups is 2. The van der Waals surface area contributed by atoms with Gasteiger partial charge in [0.2, 0.25) is 0 Å². The molecule has 2 fully saturated rings. The van der Waals surface area contributed by atoms with Gasteiger partial charge in [-0.15, -0.1) is 0 Å².